The maximum absolute atomic E-state index is 13.1. The van der Waals surface area contributed by atoms with E-state index in [1.165, 1.54) is 32.3 Å². The van der Waals surface area contributed by atoms with E-state index in [1.807, 2.05) is 0 Å². The first-order valence-corrected chi connectivity index (χ1v) is 12.8. The van der Waals surface area contributed by atoms with Crippen molar-refractivity contribution in [3.05, 3.63) is 78.6 Å². The second-order valence-corrected chi connectivity index (χ2v) is 11.2. The molecular weight excluding hydrogens is 487 g/mol. The molecule has 0 saturated carbocycles. The molecule has 0 saturated heterocycles. The first-order valence-electron chi connectivity index (χ1n) is 9.47. The van der Waals surface area contributed by atoms with Crippen LogP contribution in [0.5, 0.6) is 0 Å². The number of hydrogen-bond acceptors (Lipinski definition) is 5. The summed E-state index contributed by atoms with van der Waals surface area (Å²) >= 11 is 5.31. The third kappa shape index (κ3) is 6.05. The smallest absolute Gasteiger partial charge is 0.261 e. The summed E-state index contributed by atoms with van der Waals surface area (Å²) in [6.07, 6.45) is 0. The highest BCUT2D eigenvalue weighted by Crippen LogP contribution is 2.25. The lowest BCUT2D eigenvalue weighted by molar-refractivity contribution is 0.521. The van der Waals surface area contributed by atoms with Gasteiger partial charge in [0, 0.05) is 19.8 Å². The van der Waals surface area contributed by atoms with Gasteiger partial charge in [0.25, 0.3) is 10.0 Å². The molecule has 0 aliphatic heterocycles. The number of thiocarbonyl (C=S) groups is 1. The summed E-state index contributed by atoms with van der Waals surface area (Å²) < 4.78 is 66.7. The van der Waals surface area contributed by atoms with Gasteiger partial charge in [-0.05, 0) is 66.8 Å². The summed E-state index contributed by atoms with van der Waals surface area (Å²) in [4.78, 5) is -0.00826. The molecule has 0 amide bonds. The molecule has 0 unspecified atom stereocenters. The molecule has 0 spiro atoms. The molecule has 3 aromatic carbocycles. The van der Waals surface area contributed by atoms with E-state index < -0.39 is 25.9 Å². The van der Waals surface area contributed by atoms with Gasteiger partial charge in [0.1, 0.15) is 5.82 Å². The highest BCUT2D eigenvalue weighted by Gasteiger charge is 2.18. The van der Waals surface area contributed by atoms with Crippen molar-refractivity contribution in [1.82, 2.24) is 4.31 Å². The van der Waals surface area contributed by atoms with Gasteiger partial charge in [-0.2, -0.15) is 0 Å². The van der Waals surface area contributed by atoms with Crippen LogP contribution in [0, 0.1) is 5.82 Å². The van der Waals surface area contributed by atoms with Gasteiger partial charge in [0.15, 0.2) is 5.11 Å². The second kappa shape index (κ2) is 9.83. The van der Waals surface area contributed by atoms with Crippen LogP contribution >= 0.6 is 12.2 Å². The number of anilines is 3. The van der Waals surface area contributed by atoms with Crippen molar-refractivity contribution in [3.8, 4) is 0 Å². The normalized spacial score (nSPS) is 11.8. The molecule has 0 fully saturated rings. The average molecular weight is 509 g/mol. The molecule has 0 radical (unpaired) electrons. The van der Waals surface area contributed by atoms with Gasteiger partial charge < -0.3 is 10.6 Å². The molecule has 0 aliphatic carbocycles. The molecule has 0 bridgehead atoms. The maximum Gasteiger partial charge on any atom is 0.261 e. The number of benzene rings is 3. The summed E-state index contributed by atoms with van der Waals surface area (Å²) in [5.41, 5.74) is 1.01. The molecule has 0 aliphatic rings. The Labute approximate surface area is 197 Å². The Bertz CT molecular complexity index is 1380. The molecule has 3 rings (SSSR count). The van der Waals surface area contributed by atoms with Gasteiger partial charge >= 0.3 is 0 Å². The zero-order valence-corrected chi connectivity index (χ0v) is 20.1. The average Bonchev–Trinajstić information content (AvgIpc) is 2.75. The number of para-hydroxylation sites is 2. The van der Waals surface area contributed by atoms with E-state index in [0.717, 1.165) is 28.6 Å². The summed E-state index contributed by atoms with van der Waals surface area (Å²) in [7, 11) is -4.72. The number of nitrogens with zero attached hydrogens (tertiary/aromatic N) is 1. The second-order valence-electron chi connectivity index (χ2n) is 7.00. The summed E-state index contributed by atoms with van der Waals surface area (Å²) in [6, 6.07) is 17.0. The molecule has 3 N–H and O–H groups in total. The number of nitrogens with one attached hydrogen (secondary N) is 3. The first-order chi connectivity index (χ1) is 15.5. The van der Waals surface area contributed by atoms with E-state index in [0.29, 0.717) is 11.4 Å². The largest absolute Gasteiger partial charge is 0.332 e. The van der Waals surface area contributed by atoms with Crippen LogP contribution in [0.15, 0.2) is 82.6 Å². The van der Waals surface area contributed by atoms with Gasteiger partial charge in [-0.15, -0.1) is 0 Å². The van der Waals surface area contributed by atoms with E-state index in [1.54, 1.807) is 30.3 Å². The van der Waals surface area contributed by atoms with Crippen molar-refractivity contribution in [2.75, 3.05) is 29.5 Å². The zero-order valence-electron chi connectivity index (χ0n) is 17.6. The summed E-state index contributed by atoms with van der Waals surface area (Å²) in [6.45, 7) is 0. The Kier molecular flexibility index (Phi) is 7.32. The van der Waals surface area contributed by atoms with Gasteiger partial charge in [-0.25, -0.2) is 25.5 Å². The quantitative estimate of drug-likeness (QED) is 0.418. The van der Waals surface area contributed by atoms with E-state index in [4.69, 9.17) is 12.2 Å². The van der Waals surface area contributed by atoms with Gasteiger partial charge in [-0.1, -0.05) is 18.2 Å². The zero-order chi connectivity index (χ0) is 24.2. The monoisotopic (exact) mass is 508 g/mol. The van der Waals surface area contributed by atoms with Crippen molar-refractivity contribution in [2.24, 2.45) is 0 Å². The van der Waals surface area contributed by atoms with Crippen LogP contribution in [0.2, 0.25) is 0 Å². The molecule has 0 atom stereocenters. The minimum Gasteiger partial charge on any atom is -0.332 e. The van der Waals surface area contributed by atoms with Crippen LogP contribution in [-0.2, 0) is 20.0 Å². The minimum absolute atomic E-state index is 0.0905. The van der Waals surface area contributed by atoms with Crippen molar-refractivity contribution < 1.29 is 21.2 Å². The van der Waals surface area contributed by atoms with E-state index in [9.17, 15) is 21.2 Å². The third-order valence-corrected chi connectivity index (χ3v) is 7.81. The van der Waals surface area contributed by atoms with Crippen molar-refractivity contribution in [1.29, 1.82) is 0 Å². The predicted molar refractivity (Wildman–Crippen MR) is 131 cm³/mol. The number of sulfonamides is 2. The molecule has 0 aromatic heterocycles. The van der Waals surface area contributed by atoms with Crippen molar-refractivity contribution in [2.45, 2.75) is 9.79 Å². The summed E-state index contributed by atoms with van der Waals surface area (Å²) in [5, 5.41) is 5.90. The maximum atomic E-state index is 13.1. The Morgan fingerprint density at radius 3 is 2.09 bits per heavy atom. The molecule has 12 heteroatoms. The Morgan fingerprint density at radius 2 is 1.45 bits per heavy atom. The van der Waals surface area contributed by atoms with Crippen LogP contribution in [0.25, 0.3) is 0 Å². The predicted octanol–water partition coefficient (Wildman–Crippen LogP) is 3.69. The molecule has 33 heavy (non-hydrogen) atoms. The number of hydrogen-bond donors (Lipinski definition) is 3. The highest BCUT2D eigenvalue weighted by molar-refractivity contribution is 7.92. The topological polar surface area (TPSA) is 108 Å². The van der Waals surface area contributed by atoms with Crippen molar-refractivity contribution in [3.63, 3.8) is 0 Å². The standard InChI is InChI=1S/C21H21FN4O4S3/c1-26(2)33(29,30)18-7-5-6-16(14-18)23-21(31)24-19-8-3-4-9-20(19)25-32(27,28)17-12-10-15(22)11-13-17/h3-14,25H,1-2H3,(H2,23,24,31). The molecule has 174 valence electrons. The fraction of sp³-hybridized carbons (Fsp3) is 0.0952. The molecular formula is C21H21FN4O4S3. The van der Waals surface area contributed by atoms with E-state index in [2.05, 4.69) is 15.4 Å². The fourth-order valence-corrected chi connectivity index (χ4v) is 4.98. The Balaban J connectivity index is 1.78. The molecule has 8 nitrogen and oxygen atoms in total. The number of halogens is 1. The SMILES string of the molecule is CN(C)S(=O)(=O)c1cccc(NC(=S)Nc2ccccc2NS(=O)(=O)c2ccc(F)cc2)c1. The van der Waals surface area contributed by atoms with Gasteiger partial charge in [0.05, 0.1) is 21.2 Å². The van der Waals surface area contributed by atoms with Crippen LogP contribution in [0.3, 0.4) is 0 Å². The third-order valence-electron chi connectivity index (χ3n) is 4.41. The Hall–Kier alpha value is -3.06. The fourth-order valence-electron chi connectivity index (χ4n) is 2.73. The van der Waals surface area contributed by atoms with E-state index >= 15 is 0 Å². The molecule has 3 aromatic rings. The van der Waals surface area contributed by atoms with Crippen LogP contribution < -0.4 is 15.4 Å². The first kappa shape index (κ1) is 24.6. The van der Waals surface area contributed by atoms with Crippen molar-refractivity contribution >= 4 is 54.4 Å². The summed E-state index contributed by atoms with van der Waals surface area (Å²) in [5.74, 6) is -0.546. The molecule has 0 heterocycles. The lowest BCUT2D eigenvalue weighted by Gasteiger charge is -2.16. The number of rotatable bonds is 7. The lowest BCUT2D eigenvalue weighted by atomic mass is 10.3. The highest BCUT2D eigenvalue weighted by atomic mass is 32.2. The van der Waals surface area contributed by atoms with Crippen LogP contribution in [-0.4, -0.2) is 40.3 Å². The van der Waals surface area contributed by atoms with Crippen LogP contribution in [0.1, 0.15) is 0 Å². The van der Waals surface area contributed by atoms with Gasteiger partial charge in [0.2, 0.25) is 10.0 Å². The van der Waals surface area contributed by atoms with E-state index in [-0.39, 0.29) is 20.6 Å². The van der Waals surface area contributed by atoms with Crippen LogP contribution in [0.4, 0.5) is 21.5 Å². The lowest BCUT2D eigenvalue weighted by Crippen LogP contribution is -2.23. The van der Waals surface area contributed by atoms with Gasteiger partial charge in [-0.3, -0.25) is 4.72 Å². The Morgan fingerprint density at radius 1 is 0.818 bits per heavy atom. The minimum atomic E-state index is -3.97.